The number of para-hydroxylation sites is 1. The third-order valence-electron chi connectivity index (χ3n) is 4.99. The largest absolute Gasteiger partial charge is 0.493 e. The second-order valence-electron chi connectivity index (χ2n) is 7.07. The average Bonchev–Trinajstić information content (AvgIpc) is 3.19. The van der Waals surface area contributed by atoms with E-state index < -0.39 is 0 Å². The molecule has 1 aliphatic heterocycles. The number of imidazole rings is 1. The van der Waals surface area contributed by atoms with E-state index in [0.717, 1.165) is 5.56 Å². The maximum atomic E-state index is 12.8. The Morgan fingerprint density at radius 1 is 1.10 bits per heavy atom. The number of ether oxygens (including phenoxy) is 1. The first-order valence-electron chi connectivity index (χ1n) is 10.0. The van der Waals surface area contributed by atoms with Crippen LogP contribution in [-0.2, 0) is 19.6 Å². The molecule has 0 atom stereocenters. The fraction of sp³-hybridized carbons (Fsp3) is 0.261. The molecule has 3 aromatic rings. The normalized spacial score (nSPS) is 13.1. The minimum Gasteiger partial charge on any atom is -0.493 e. The molecule has 2 amide bonds. The van der Waals surface area contributed by atoms with Crippen molar-refractivity contribution in [3.8, 4) is 5.75 Å². The standard InChI is InChI=1S/C23H24N4O3/c1-2-30-20-11-7-6-10-19(20)22(28)24-14-18-16-26-12-13-27(23(29)21(26)25-18)15-17-8-4-3-5-9-17/h3-11,16H,2,12-15H2,1H3,(H,24,28). The van der Waals surface area contributed by atoms with Crippen LogP contribution in [0.2, 0.25) is 0 Å². The fourth-order valence-corrected chi connectivity index (χ4v) is 3.52. The van der Waals surface area contributed by atoms with E-state index in [4.69, 9.17) is 4.74 Å². The van der Waals surface area contributed by atoms with Crippen molar-refractivity contribution in [1.29, 1.82) is 0 Å². The average molecular weight is 404 g/mol. The first-order chi connectivity index (χ1) is 14.7. The van der Waals surface area contributed by atoms with Crippen LogP contribution < -0.4 is 10.1 Å². The lowest BCUT2D eigenvalue weighted by Crippen LogP contribution is -2.39. The van der Waals surface area contributed by atoms with E-state index in [1.54, 1.807) is 23.1 Å². The van der Waals surface area contributed by atoms with Crippen LogP contribution in [0.25, 0.3) is 0 Å². The zero-order valence-electron chi connectivity index (χ0n) is 16.9. The van der Waals surface area contributed by atoms with Gasteiger partial charge in [0.15, 0.2) is 5.82 Å². The predicted molar refractivity (Wildman–Crippen MR) is 112 cm³/mol. The summed E-state index contributed by atoms with van der Waals surface area (Å²) in [4.78, 5) is 31.7. The van der Waals surface area contributed by atoms with Gasteiger partial charge in [-0.05, 0) is 24.6 Å². The lowest BCUT2D eigenvalue weighted by atomic mass is 10.2. The van der Waals surface area contributed by atoms with E-state index in [-0.39, 0.29) is 18.4 Å². The SMILES string of the molecule is CCOc1ccccc1C(=O)NCc1cn2c(n1)C(=O)N(Cc1ccccc1)CC2. The highest BCUT2D eigenvalue weighted by molar-refractivity contribution is 5.97. The van der Waals surface area contributed by atoms with Crippen LogP contribution in [-0.4, -0.2) is 39.4 Å². The number of aromatic nitrogens is 2. The van der Waals surface area contributed by atoms with Crippen molar-refractivity contribution in [2.24, 2.45) is 0 Å². The Bertz CT molecular complexity index is 1050. The summed E-state index contributed by atoms with van der Waals surface area (Å²) in [7, 11) is 0. The van der Waals surface area contributed by atoms with E-state index >= 15 is 0 Å². The van der Waals surface area contributed by atoms with Crippen LogP contribution >= 0.6 is 0 Å². The zero-order valence-corrected chi connectivity index (χ0v) is 16.9. The number of rotatable bonds is 7. The molecule has 154 valence electrons. The van der Waals surface area contributed by atoms with Gasteiger partial charge in [-0.25, -0.2) is 4.98 Å². The van der Waals surface area contributed by atoms with Crippen molar-refractivity contribution in [2.75, 3.05) is 13.2 Å². The Kier molecular flexibility index (Phi) is 5.79. The molecule has 2 aromatic carbocycles. The zero-order chi connectivity index (χ0) is 20.9. The fourth-order valence-electron chi connectivity index (χ4n) is 3.52. The Balaban J connectivity index is 1.42. The van der Waals surface area contributed by atoms with Gasteiger partial charge in [-0.15, -0.1) is 0 Å². The third-order valence-corrected chi connectivity index (χ3v) is 4.99. The van der Waals surface area contributed by atoms with Crippen LogP contribution in [0, 0.1) is 0 Å². The second kappa shape index (κ2) is 8.82. The molecular weight excluding hydrogens is 380 g/mol. The number of fused-ring (bicyclic) bond motifs is 1. The predicted octanol–water partition coefficient (Wildman–Crippen LogP) is 2.87. The second-order valence-corrected chi connectivity index (χ2v) is 7.07. The number of benzene rings is 2. The quantitative estimate of drug-likeness (QED) is 0.657. The summed E-state index contributed by atoms with van der Waals surface area (Å²) in [5, 5.41) is 2.87. The first kappa shape index (κ1) is 19.7. The summed E-state index contributed by atoms with van der Waals surface area (Å²) >= 11 is 0. The Morgan fingerprint density at radius 2 is 1.87 bits per heavy atom. The molecule has 0 saturated carbocycles. The molecule has 7 nitrogen and oxygen atoms in total. The molecule has 1 N–H and O–H groups in total. The molecule has 0 radical (unpaired) electrons. The molecular formula is C23H24N4O3. The molecule has 2 heterocycles. The molecule has 1 aromatic heterocycles. The van der Waals surface area contributed by atoms with Crippen molar-refractivity contribution in [2.45, 2.75) is 26.6 Å². The Morgan fingerprint density at radius 3 is 2.67 bits per heavy atom. The minimum absolute atomic E-state index is 0.0932. The number of carbonyl (C=O) groups excluding carboxylic acids is 2. The van der Waals surface area contributed by atoms with Crippen molar-refractivity contribution < 1.29 is 14.3 Å². The van der Waals surface area contributed by atoms with Crippen molar-refractivity contribution in [3.63, 3.8) is 0 Å². The van der Waals surface area contributed by atoms with Gasteiger partial charge < -0.3 is 19.5 Å². The highest BCUT2D eigenvalue weighted by Gasteiger charge is 2.27. The van der Waals surface area contributed by atoms with Crippen LogP contribution in [0.15, 0.2) is 60.8 Å². The summed E-state index contributed by atoms with van der Waals surface area (Å²) in [5.41, 5.74) is 2.22. The third kappa shape index (κ3) is 4.20. The van der Waals surface area contributed by atoms with Crippen LogP contribution in [0.1, 0.15) is 39.2 Å². The highest BCUT2D eigenvalue weighted by Crippen LogP contribution is 2.19. The first-order valence-corrected chi connectivity index (χ1v) is 10.0. The molecule has 1 aliphatic rings. The number of amides is 2. The Hall–Kier alpha value is -3.61. The number of carbonyl (C=O) groups is 2. The Labute approximate surface area is 175 Å². The molecule has 0 saturated heterocycles. The van der Waals surface area contributed by atoms with Gasteiger partial charge in [0.25, 0.3) is 11.8 Å². The molecule has 0 aliphatic carbocycles. The van der Waals surface area contributed by atoms with Crippen molar-refractivity contribution in [3.05, 3.63) is 83.4 Å². The summed E-state index contributed by atoms with van der Waals surface area (Å²) in [6, 6.07) is 17.0. The van der Waals surface area contributed by atoms with Gasteiger partial charge in [-0.2, -0.15) is 0 Å². The number of hydrogen-bond donors (Lipinski definition) is 1. The van der Waals surface area contributed by atoms with Crippen LogP contribution in [0.5, 0.6) is 5.75 Å². The van der Waals surface area contributed by atoms with Crippen molar-refractivity contribution in [1.82, 2.24) is 19.8 Å². The van der Waals surface area contributed by atoms with E-state index in [1.807, 2.05) is 54.1 Å². The van der Waals surface area contributed by atoms with Gasteiger partial charge in [0.2, 0.25) is 0 Å². The van der Waals surface area contributed by atoms with Gasteiger partial charge in [0, 0.05) is 25.8 Å². The van der Waals surface area contributed by atoms with E-state index in [0.29, 0.717) is 49.1 Å². The van der Waals surface area contributed by atoms with E-state index in [1.165, 1.54) is 0 Å². The van der Waals surface area contributed by atoms with E-state index in [2.05, 4.69) is 10.3 Å². The van der Waals surface area contributed by atoms with Crippen molar-refractivity contribution >= 4 is 11.8 Å². The summed E-state index contributed by atoms with van der Waals surface area (Å²) in [6.45, 7) is 4.48. The molecule has 4 rings (SSSR count). The molecule has 30 heavy (non-hydrogen) atoms. The van der Waals surface area contributed by atoms with Gasteiger partial charge >= 0.3 is 0 Å². The smallest absolute Gasteiger partial charge is 0.290 e. The maximum Gasteiger partial charge on any atom is 0.290 e. The molecule has 0 bridgehead atoms. The van der Waals surface area contributed by atoms with Gasteiger partial charge in [-0.3, -0.25) is 9.59 Å². The maximum absolute atomic E-state index is 12.8. The monoisotopic (exact) mass is 404 g/mol. The van der Waals surface area contributed by atoms with Gasteiger partial charge in [-0.1, -0.05) is 42.5 Å². The topological polar surface area (TPSA) is 76.5 Å². The molecule has 0 fully saturated rings. The van der Waals surface area contributed by atoms with Crippen LogP contribution in [0.4, 0.5) is 0 Å². The number of nitrogens with one attached hydrogen (secondary N) is 1. The lowest BCUT2D eigenvalue weighted by Gasteiger charge is -2.27. The highest BCUT2D eigenvalue weighted by atomic mass is 16.5. The van der Waals surface area contributed by atoms with E-state index in [9.17, 15) is 9.59 Å². The van der Waals surface area contributed by atoms with Gasteiger partial charge in [0.05, 0.1) is 24.4 Å². The summed E-state index contributed by atoms with van der Waals surface area (Å²) in [6.07, 6.45) is 1.84. The summed E-state index contributed by atoms with van der Waals surface area (Å²) in [5.74, 6) is 0.635. The number of hydrogen-bond acceptors (Lipinski definition) is 4. The van der Waals surface area contributed by atoms with Gasteiger partial charge in [0.1, 0.15) is 5.75 Å². The van der Waals surface area contributed by atoms with Crippen LogP contribution in [0.3, 0.4) is 0 Å². The summed E-state index contributed by atoms with van der Waals surface area (Å²) < 4.78 is 7.38. The lowest BCUT2D eigenvalue weighted by molar-refractivity contribution is 0.0683. The number of nitrogens with zero attached hydrogens (tertiary/aromatic N) is 3. The minimum atomic E-state index is -0.234. The molecule has 0 unspecified atom stereocenters. The molecule has 7 heteroatoms. The molecule has 0 spiro atoms.